The molecule has 2 aromatic carbocycles. The largest absolute Gasteiger partial charge is 0.490 e. The normalized spacial score (nSPS) is 14.9. The van der Waals surface area contributed by atoms with Crippen molar-refractivity contribution in [2.45, 2.75) is 58.9 Å². The molecule has 0 unspecified atom stereocenters. The highest BCUT2D eigenvalue weighted by atomic mass is 32.1. The van der Waals surface area contributed by atoms with Gasteiger partial charge in [-0.2, -0.15) is 0 Å². The number of carbonyl (C=O) groups excluding carboxylic acids is 1. The maximum Gasteiger partial charge on any atom is 0.297 e. The minimum atomic E-state index is -0.750. The van der Waals surface area contributed by atoms with Gasteiger partial charge >= 0.3 is 0 Å². The minimum absolute atomic E-state index is 0.0258. The average molecular weight is 534 g/mol. The second-order valence-corrected chi connectivity index (χ2v) is 10.5. The van der Waals surface area contributed by atoms with Crippen LogP contribution < -0.4 is 19.8 Å². The zero-order valence-electron chi connectivity index (χ0n) is 22.0. The predicted molar refractivity (Wildman–Crippen MR) is 148 cm³/mol. The second-order valence-electron chi connectivity index (χ2n) is 9.52. The quantitative estimate of drug-likeness (QED) is 0.215. The van der Waals surface area contributed by atoms with Crippen LogP contribution in [0.1, 0.15) is 85.6 Å². The molecule has 0 spiro atoms. The van der Waals surface area contributed by atoms with Crippen molar-refractivity contribution in [2.75, 3.05) is 18.1 Å². The summed E-state index contributed by atoms with van der Waals surface area (Å²) in [5.41, 5.74) is 1.12. The first kappa shape index (κ1) is 25.9. The number of carbonyl (C=O) groups is 1. The van der Waals surface area contributed by atoms with Gasteiger partial charge in [-0.05, 0) is 43.2 Å². The van der Waals surface area contributed by atoms with Crippen LogP contribution in [0.15, 0.2) is 51.7 Å². The lowest BCUT2D eigenvalue weighted by Crippen LogP contribution is -2.29. The first-order chi connectivity index (χ1) is 18.4. The van der Waals surface area contributed by atoms with Crippen molar-refractivity contribution in [3.8, 4) is 11.5 Å². The zero-order chi connectivity index (χ0) is 26.8. The van der Waals surface area contributed by atoms with Crippen LogP contribution in [0.4, 0.5) is 5.13 Å². The number of hydrogen-bond acceptors (Lipinski definition) is 8. The van der Waals surface area contributed by atoms with Gasteiger partial charge in [0.15, 0.2) is 16.9 Å². The van der Waals surface area contributed by atoms with E-state index >= 15 is 0 Å². The Bertz CT molecular complexity index is 1530. The Hall–Kier alpha value is -3.72. The molecular formula is C29H31N3O5S. The number of fused-ring (bicyclic) bond motifs is 2. The summed E-state index contributed by atoms with van der Waals surface area (Å²) < 4.78 is 18.0. The Labute approximate surface area is 225 Å². The molecular weight excluding hydrogens is 502 g/mol. The molecule has 3 heterocycles. The number of aromatic nitrogens is 2. The summed E-state index contributed by atoms with van der Waals surface area (Å²) in [6.07, 6.45) is 3.14. The summed E-state index contributed by atoms with van der Waals surface area (Å²) in [5, 5.41) is 10.3. The lowest BCUT2D eigenvalue weighted by molar-refractivity contribution is 0.0970. The Kier molecular flexibility index (Phi) is 7.46. The smallest absolute Gasteiger partial charge is 0.297 e. The van der Waals surface area contributed by atoms with Gasteiger partial charge in [0.1, 0.15) is 10.6 Å². The number of hydrogen-bond donors (Lipinski definition) is 0. The Morgan fingerprint density at radius 2 is 1.84 bits per heavy atom. The highest BCUT2D eigenvalue weighted by Crippen LogP contribution is 2.44. The van der Waals surface area contributed by atoms with Gasteiger partial charge in [-0.1, -0.05) is 63.1 Å². The number of anilines is 1. The van der Waals surface area contributed by atoms with Crippen LogP contribution in [0.5, 0.6) is 11.5 Å². The molecule has 5 rings (SSSR count). The van der Waals surface area contributed by atoms with Crippen molar-refractivity contribution in [1.82, 2.24) is 10.2 Å². The number of para-hydroxylation sites is 1. The molecule has 1 aliphatic rings. The van der Waals surface area contributed by atoms with Gasteiger partial charge in [-0.25, -0.2) is 0 Å². The van der Waals surface area contributed by atoms with E-state index in [4.69, 9.17) is 13.9 Å². The molecule has 0 saturated heterocycles. The summed E-state index contributed by atoms with van der Waals surface area (Å²) in [5.74, 6) is 0.949. The molecule has 38 heavy (non-hydrogen) atoms. The number of ether oxygens (including phenoxy) is 2. The van der Waals surface area contributed by atoms with E-state index in [0.29, 0.717) is 46.4 Å². The van der Waals surface area contributed by atoms with Gasteiger partial charge in [0.2, 0.25) is 10.9 Å². The van der Waals surface area contributed by atoms with Crippen molar-refractivity contribution in [1.29, 1.82) is 0 Å². The van der Waals surface area contributed by atoms with E-state index in [9.17, 15) is 9.59 Å². The van der Waals surface area contributed by atoms with Crippen LogP contribution in [0.2, 0.25) is 0 Å². The predicted octanol–water partition coefficient (Wildman–Crippen LogP) is 6.49. The van der Waals surface area contributed by atoms with E-state index in [-0.39, 0.29) is 22.7 Å². The van der Waals surface area contributed by atoms with Gasteiger partial charge < -0.3 is 13.9 Å². The topological polar surface area (TPSA) is 94.8 Å². The summed E-state index contributed by atoms with van der Waals surface area (Å²) in [4.78, 5) is 29.1. The van der Waals surface area contributed by atoms with Gasteiger partial charge in [-0.3, -0.25) is 14.5 Å². The Balaban J connectivity index is 1.66. The molecule has 9 heteroatoms. The lowest BCUT2D eigenvalue weighted by atomic mass is 9.98. The van der Waals surface area contributed by atoms with Crippen LogP contribution in [0.3, 0.4) is 0 Å². The molecule has 1 aliphatic heterocycles. The molecule has 0 saturated carbocycles. The maximum atomic E-state index is 13.8. The molecule has 2 aromatic heterocycles. The van der Waals surface area contributed by atoms with Crippen LogP contribution in [0.25, 0.3) is 11.0 Å². The summed E-state index contributed by atoms with van der Waals surface area (Å²) in [6, 6.07) is 11.8. The van der Waals surface area contributed by atoms with Gasteiger partial charge in [-0.15, -0.1) is 10.2 Å². The number of unbranched alkanes of at least 4 members (excludes halogenated alkanes) is 2. The molecule has 8 nitrogen and oxygen atoms in total. The van der Waals surface area contributed by atoms with E-state index in [1.165, 1.54) is 16.2 Å². The number of amides is 1. The van der Waals surface area contributed by atoms with Crippen LogP contribution in [-0.2, 0) is 0 Å². The molecule has 1 atom stereocenters. The van der Waals surface area contributed by atoms with E-state index < -0.39 is 11.9 Å². The first-order valence-electron chi connectivity index (χ1n) is 13.1. The van der Waals surface area contributed by atoms with Crippen molar-refractivity contribution in [3.05, 3.63) is 74.6 Å². The van der Waals surface area contributed by atoms with Crippen molar-refractivity contribution in [2.24, 2.45) is 0 Å². The Morgan fingerprint density at radius 1 is 1.03 bits per heavy atom. The van der Waals surface area contributed by atoms with Crippen LogP contribution in [-0.4, -0.2) is 29.3 Å². The van der Waals surface area contributed by atoms with Crippen LogP contribution >= 0.6 is 11.3 Å². The highest BCUT2D eigenvalue weighted by molar-refractivity contribution is 7.15. The average Bonchev–Trinajstić information content (AvgIpc) is 3.51. The number of rotatable bonds is 10. The summed E-state index contributed by atoms with van der Waals surface area (Å²) in [6.45, 7) is 9.13. The van der Waals surface area contributed by atoms with Crippen molar-refractivity contribution >= 4 is 33.3 Å². The van der Waals surface area contributed by atoms with Crippen molar-refractivity contribution in [3.63, 3.8) is 0 Å². The number of nitrogens with zero attached hydrogens (tertiary/aromatic N) is 3. The third-order valence-electron chi connectivity index (χ3n) is 6.50. The van der Waals surface area contributed by atoms with Crippen LogP contribution in [0, 0.1) is 0 Å². The minimum Gasteiger partial charge on any atom is -0.490 e. The molecule has 0 bridgehead atoms. The van der Waals surface area contributed by atoms with Gasteiger partial charge in [0.05, 0.1) is 30.2 Å². The first-order valence-corrected chi connectivity index (χ1v) is 13.9. The molecule has 0 radical (unpaired) electrons. The molecule has 198 valence electrons. The highest BCUT2D eigenvalue weighted by Gasteiger charge is 2.45. The van der Waals surface area contributed by atoms with Gasteiger partial charge in [0, 0.05) is 5.92 Å². The monoisotopic (exact) mass is 533 g/mol. The van der Waals surface area contributed by atoms with Crippen molar-refractivity contribution < 1.29 is 18.7 Å². The maximum absolute atomic E-state index is 13.8. The second kappa shape index (κ2) is 10.9. The third-order valence-corrected chi connectivity index (χ3v) is 7.72. The summed E-state index contributed by atoms with van der Waals surface area (Å²) in [7, 11) is 0. The molecule has 1 amide bonds. The fourth-order valence-electron chi connectivity index (χ4n) is 4.61. The number of benzene rings is 2. The lowest BCUT2D eigenvalue weighted by Gasteiger charge is -2.23. The third kappa shape index (κ3) is 4.67. The van der Waals surface area contributed by atoms with E-state index in [0.717, 1.165) is 24.3 Å². The molecule has 0 fully saturated rings. The standard InChI is InChI=1S/C29H31N3O5S/c1-5-7-10-15-36-21-14-13-18(16-22(21)35-6-2)24-23-25(33)19-11-8-9-12-20(19)37-26(23)28(34)32(24)29-31-30-27(38-29)17(3)4/h8-9,11-14,16-17,24H,5-7,10,15H2,1-4H3/t24-/m0/s1. The Morgan fingerprint density at radius 3 is 2.58 bits per heavy atom. The molecule has 4 aromatic rings. The van der Waals surface area contributed by atoms with Gasteiger partial charge in [0.25, 0.3) is 5.91 Å². The SMILES string of the molecule is CCCCCOc1ccc([C@H]2c3c(oc4ccccc4c3=O)C(=O)N2c2nnc(C(C)C)s2)cc1OCC. The molecule has 0 aliphatic carbocycles. The van der Waals surface area contributed by atoms with E-state index in [2.05, 4.69) is 17.1 Å². The van der Waals surface area contributed by atoms with E-state index in [1.54, 1.807) is 24.3 Å². The summed E-state index contributed by atoms with van der Waals surface area (Å²) >= 11 is 1.34. The van der Waals surface area contributed by atoms with E-state index in [1.807, 2.05) is 39.0 Å². The fraction of sp³-hybridized carbons (Fsp3) is 0.379. The zero-order valence-corrected chi connectivity index (χ0v) is 22.8. The fourth-order valence-corrected chi connectivity index (χ4v) is 5.48. The molecule has 0 N–H and O–H groups in total.